The predicted octanol–water partition coefficient (Wildman–Crippen LogP) is 3.62. The van der Waals surface area contributed by atoms with Crippen molar-refractivity contribution in [2.45, 2.75) is 19.6 Å². The molecule has 0 saturated carbocycles. The van der Waals surface area contributed by atoms with Gasteiger partial charge < -0.3 is 14.6 Å². The molecule has 2 amide bonds. The summed E-state index contributed by atoms with van der Waals surface area (Å²) in [6.45, 7) is 2.44. The molecule has 32 heavy (non-hydrogen) atoms. The number of carbonyl (C=O) groups is 3. The van der Waals surface area contributed by atoms with Crippen molar-refractivity contribution in [2.24, 2.45) is 0 Å². The predicted molar refractivity (Wildman–Crippen MR) is 117 cm³/mol. The maximum atomic E-state index is 14.9. The third-order valence-corrected chi connectivity index (χ3v) is 5.26. The van der Waals surface area contributed by atoms with Crippen molar-refractivity contribution in [3.8, 4) is 11.1 Å². The number of benzene rings is 2. The number of aromatic nitrogens is 1. The second-order valence-corrected chi connectivity index (χ2v) is 7.65. The van der Waals surface area contributed by atoms with E-state index in [1.807, 2.05) is 35.0 Å². The standard InChI is InChI=1S/C24H22FN3O4/c1-16(30)26-11-21-14-28(24(31)32-21)20-6-7-22(23(25)10-20)19-4-2-17(3-5-19)12-27-9-8-18(13-27)15-29/h2-10,13,15,21H,11-12,14H2,1H3,(H,26,30). The van der Waals surface area contributed by atoms with Crippen molar-refractivity contribution in [2.75, 3.05) is 18.0 Å². The van der Waals surface area contributed by atoms with Gasteiger partial charge in [-0.2, -0.15) is 0 Å². The average molecular weight is 435 g/mol. The van der Waals surface area contributed by atoms with Crippen molar-refractivity contribution in [1.82, 2.24) is 9.88 Å². The molecule has 4 rings (SSSR count). The van der Waals surface area contributed by atoms with Crippen molar-refractivity contribution < 1.29 is 23.5 Å². The Kier molecular flexibility index (Phi) is 6.02. The first-order valence-electron chi connectivity index (χ1n) is 10.2. The van der Waals surface area contributed by atoms with Crippen LogP contribution in [0.3, 0.4) is 0 Å². The van der Waals surface area contributed by atoms with E-state index in [1.165, 1.54) is 17.9 Å². The Morgan fingerprint density at radius 3 is 2.66 bits per heavy atom. The van der Waals surface area contributed by atoms with Crippen molar-refractivity contribution in [3.05, 3.63) is 77.9 Å². The van der Waals surface area contributed by atoms with Crippen molar-refractivity contribution in [3.63, 3.8) is 0 Å². The summed E-state index contributed by atoms with van der Waals surface area (Å²) >= 11 is 0. The number of ether oxygens (including phenoxy) is 1. The molecule has 1 unspecified atom stereocenters. The van der Waals surface area contributed by atoms with E-state index in [0.717, 1.165) is 11.8 Å². The highest BCUT2D eigenvalue weighted by Crippen LogP contribution is 2.29. The Morgan fingerprint density at radius 2 is 2.00 bits per heavy atom. The van der Waals surface area contributed by atoms with Crippen LogP contribution in [0.2, 0.25) is 0 Å². The van der Waals surface area contributed by atoms with E-state index >= 15 is 0 Å². The molecule has 8 heteroatoms. The average Bonchev–Trinajstić information content (AvgIpc) is 3.39. The smallest absolute Gasteiger partial charge is 0.414 e. The number of hydrogen-bond donors (Lipinski definition) is 1. The number of amides is 2. The van der Waals surface area contributed by atoms with Gasteiger partial charge in [0.15, 0.2) is 6.29 Å². The molecule has 0 bridgehead atoms. The molecule has 0 radical (unpaired) electrons. The summed E-state index contributed by atoms with van der Waals surface area (Å²) in [6.07, 6.45) is 3.35. The van der Waals surface area contributed by atoms with Gasteiger partial charge in [0, 0.05) is 37.0 Å². The lowest BCUT2D eigenvalue weighted by Gasteiger charge is -2.15. The van der Waals surface area contributed by atoms with E-state index in [4.69, 9.17) is 4.74 Å². The van der Waals surface area contributed by atoms with Gasteiger partial charge in [0.2, 0.25) is 5.91 Å². The molecular formula is C24H22FN3O4. The van der Waals surface area contributed by atoms with Gasteiger partial charge in [0.05, 0.1) is 18.8 Å². The van der Waals surface area contributed by atoms with Crippen molar-refractivity contribution in [1.29, 1.82) is 0 Å². The summed E-state index contributed by atoms with van der Waals surface area (Å²) in [5.74, 6) is -0.658. The molecule has 2 heterocycles. The van der Waals surface area contributed by atoms with Crippen LogP contribution in [-0.2, 0) is 16.1 Å². The van der Waals surface area contributed by atoms with E-state index < -0.39 is 18.0 Å². The van der Waals surface area contributed by atoms with E-state index in [9.17, 15) is 18.8 Å². The molecule has 1 fully saturated rings. The molecule has 1 saturated heterocycles. The molecule has 0 spiro atoms. The van der Waals surface area contributed by atoms with Gasteiger partial charge in [-0.1, -0.05) is 24.3 Å². The van der Waals surface area contributed by atoms with Gasteiger partial charge in [0.25, 0.3) is 0 Å². The molecule has 3 aromatic rings. The first-order valence-corrected chi connectivity index (χ1v) is 10.2. The number of halogens is 1. The largest absolute Gasteiger partial charge is 0.442 e. The molecule has 1 aliphatic rings. The minimum atomic E-state index is -0.570. The first kappa shape index (κ1) is 21.3. The fraction of sp³-hybridized carbons (Fsp3) is 0.208. The van der Waals surface area contributed by atoms with E-state index in [2.05, 4.69) is 5.32 Å². The van der Waals surface area contributed by atoms with Crippen LogP contribution in [-0.4, -0.2) is 42.0 Å². The minimum Gasteiger partial charge on any atom is -0.442 e. The Labute approximate surface area is 184 Å². The highest BCUT2D eigenvalue weighted by molar-refractivity contribution is 5.90. The topological polar surface area (TPSA) is 80.6 Å². The lowest BCUT2D eigenvalue weighted by Crippen LogP contribution is -2.33. The Morgan fingerprint density at radius 1 is 1.22 bits per heavy atom. The summed E-state index contributed by atoms with van der Waals surface area (Å²) in [6, 6.07) is 13.9. The van der Waals surface area contributed by atoms with Gasteiger partial charge in [-0.15, -0.1) is 0 Å². The zero-order valence-corrected chi connectivity index (χ0v) is 17.5. The minimum absolute atomic E-state index is 0.208. The Balaban J connectivity index is 1.45. The monoisotopic (exact) mass is 435 g/mol. The summed E-state index contributed by atoms with van der Waals surface area (Å²) < 4.78 is 22.0. The maximum absolute atomic E-state index is 14.9. The summed E-state index contributed by atoms with van der Waals surface area (Å²) in [5, 5.41) is 2.61. The lowest BCUT2D eigenvalue weighted by atomic mass is 10.0. The number of nitrogens with zero attached hydrogens (tertiary/aromatic N) is 2. The van der Waals surface area contributed by atoms with Crippen LogP contribution in [0.15, 0.2) is 60.9 Å². The number of anilines is 1. The normalized spacial score (nSPS) is 15.5. The van der Waals surface area contributed by atoms with Gasteiger partial charge in [-0.25, -0.2) is 9.18 Å². The van der Waals surface area contributed by atoms with E-state index in [-0.39, 0.29) is 19.0 Å². The van der Waals surface area contributed by atoms with Crippen LogP contribution in [0, 0.1) is 5.82 Å². The molecule has 7 nitrogen and oxygen atoms in total. The van der Waals surface area contributed by atoms with Crippen LogP contribution >= 0.6 is 0 Å². The second-order valence-electron chi connectivity index (χ2n) is 7.65. The SMILES string of the molecule is CC(=O)NCC1CN(c2ccc(-c3ccc(Cn4ccc(C=O)c4)cc3)c(F)c2)C(=O)O1. The van der Waals surface area contributed by atoms with Gasteiger partial charge >= 0.3 is 6.09 Å². The number of rotatable bonds is 7. The zero-order valence-electron chi connectivity index (χ0n) is 17.5. The number of nitrogens with one attached hydrogen (secondary N) is 1. The van der Waals surface area contributed by atoms with E-state index in [1.54, 1.807) is 24.4 Å². The number of cyclic esters (lactones) is 1. The zero-order chi connectivity index (χ0) is 22.7. The highest BCUT2D eigenvalue weighted by Gasteiger charge is 2.32. The fourth-order valence-electron chi connectivity index (χ4n) is 3.63. The summed E-state index contributed by atoms with van der Waals surface area (Å²) in [5.41, 5.74) is 3.17. The van der Waals surface area contributed by atoms with E-state index in [0.29, 0.717) is 28.9 Å². The molecule has 164 valence electrons. The molecular weight excluding hydrogens is 413 g/mol. The number of aldehydes is 1. The molecule has 1 aromatic heterocycles. The van der Waals surface area contributed by atoms with Crippen LogP contribution in [0.1, 0.15) is 22.8 Å². The Bertz CT molecular complexity index is 1160. The van der Waals surface area contributed by atoms with Gasteiger partial charge in [-0.05, 0) is 35.4 Å². The summed E-state index contributed by atoms with van der Waals surface area (Å²) in [7, 11) is 0. The molecule has 0 aliphatic carbocycles. The molecule has 1 aliphatic heterocycles. The maximum Gasteiger partial charge on any atom is 0.414 e. The molecule has 2 aromatic carbocycles. The highest BCUT2D eigenvalue weighted by atomic mass is 19.1. The quantitative estimate of drug-likeness (QED) is 0.575. The third kappa shape index (κ3) is 4.69. The first-order chi connectivity index (χ1) is 15.4. The Hall–Kier alpha value is -3.94. The van der Waals surface area contributed by atoms with Crippen LogP contribution in [0.25, 0.3) is 11.1 Å². The summed E-state index contributed by atoms with van der Waals surface area (Å²) in [4.78, 5) is 35.4. The fourth-order valence-corrected chi connectivity index (χ4v) is 3.63. The van der Waals surface area contributed by atoms with Crippen LogP contribution in [0.4, 0.5) is 14.9 Å². The lowest BCUT2D eigenvalue weighted by molar-refractivity contribution is -0.119. The number of hydrogen-bond acceptors (Lipinski definition) is 4. The number of carbonyl (C=O) groups excluding carboxylic acids is 3. The second kappa shape index (κ2) is 9.05. The third-order valence-electron chi connectivity index (χ3n) is 5.26. The van der Waals surface area contributed by atoms with Crippen LogP contribution < -0.4 is 10.2 Å². The van der Waals surface area contributed by atoms with Gasteiger partial charge in [-0.3, -0.25) is 14.5 Å². The van der Waals surface area contributed by atoms with Gasteiger partial charge in [0.1, 0.15) is 11.9 Å². The van der Waals surface area contributed by atoms with Crippen LogP contribution in [0.5, 0.6) is 0 Å². The van der Waals surface area contributed by atoms with Crippen molar-refractivity contribution >= 4 is 24.0 Å². The molecule has 1 N–H and O–H groups in total. The molecule has 1 atom stereocenters.